The molecule has 130 valence electrons. The van der Waals surface area contributed by atoms with Crippen molar-refractivity contribution in [2.75, 3.05) is 11.9 Å². The molecule has 1 unspecified atom stereocenters. The van der Waals surface area contributed by atoms with E-state index in [1.807, 2.05) is 6.92 Å². The molecule has 0 bridgehead atoms. The Labute approximate surface area is 141 Å². The zero-order chi connectivity index (χ0) is 17.5. The van der Waals surface area contributed by atoms with Crippen LogP contribution in [0.2, 0.25) is 0 Å². The Morgan fingerprint density at radius 3 is 2.83 bits per heavy atom. The predicted molar refractivity (Wildman–Crippen MR) is 96.0 cm³/mol. The first-order valence-electron chi connectivity index (χ1n) is 8.37. The highest BCUT2D eigenvalue weighted by Gasteiger charge is 2.14. The van der Waals surface area contributed by atoms with Gasteiger partial charge in [-0.05, 0) is 37.9 Å². The molecule has 1 atom stereocenters. The Morgan fingerprint density at radius 2 is 2.12 bits per heavy atom. The molecule has 6 heteroatoms. The van der Waals surface area contributed by atoms with Crippen LogP contribution in [0.5, 0.6) is 0 Å². The third-order valence-electron chi connectivity index (χ3n) is 3.94. The van der Waals surface area contributed by atoms with Crippen LogP contribution in [-0.2, 0) is 11.2 Å². The highest BCUT2D eigenvalue weighted by molar-refractivity contribution is 5.96. The van der Waals surface area contributed by atoms with E-state index in [0.29, 0.717) is 41.6 Å². The van der Waals surface area contributed by atoms with E-state index in [2.05, 4.69) is 5.32 Å². The van der Waals surface area contributed by atoms with Gasteiger partial charge in [0.15, 0.2) is 5.43 Å². The third kappa shape index (κ3) is 4.43. The molecular weight excluding hydrogens is 306 g/mol. The van der Waals surface area contributed by atoms with Gasteiger partial charge >= 0.3 is 0 Å². The van der Waals surface area contributed by atoms with E-state index in [1.54, 1.807) is 18.2 Å². The number of carbonyl (C=O) groups excluding carboxylic acids is 1. The SMILES string of the molecule is CCCc1coc2cc(NC(=O)C(N)CCCCN)ccc2c1=O. The summed E-state index contributed by atoms with van der Waals surface area (Å²) in [6, 6.07) is 4.44. The second-order valence-corrected chi connectivity index (χ2v) is 5.93. The maximum atomic E-state index is 12.3. The van der Waals surface area contributed by atoms with Crippen molar-refractivity contribution in [3.05, 3.63) is 40.2 Å². The number of anilines is 1. The van der Waals surface area contributed by atoms with E-state index in [4.69, 9.17) is 15.9 Å². The standard InChI is InChI=1S/C18H25N3O3/c1-2-5-12-11-24-16-10-13(7-8-14(16)17(12)22)21-18(23)15(20)6-3-4-9-19/h7-8,10-11,15H,2-6,9,19-20H2,1H3,(H,21,23). The van der Waals surface area contributed by atoms with E-state index in [9.17, 15) is 9.59 Å². The summed E-state index contributed by atoms with van der Waals surface area (Å²) in [5.74, 6) is -0.253. The Balaban J connectivity index is 2.12. The van der Waals surface area contributed by atoms with Gasteiger partial charge in [0.05, 0.1) is 17.7 Å². The summed E-state index contributed by atoms with van der Waals surface area (Å²) in [7, 11) is 0. The van der Waals surface area contributed by atoms with Crippen molar-refractivity contribution >= 4 is 22.6 Å². The van der Waals surface area contributed by atoms with Crippen molar-refractivity contribution < 1.29 is 9.21 Å². The average Bonchev–Trinajstić information content (AvgIpc) is 2.57. The van der Waals surface area contributed by atoms with E-state index in [-0.39, 0.29) is 11.3 Å². The lowest BCUT2D eigenvalue weighted by Gasteiger charge is -2.12. The molecule has 0 fully saturated rings. The van der Waals surface area contributed by atoms with Crippen molar-refractivity contribution in [3.63, 3.8) is 0 Å². The third-order valence-corrected chi connectivity index (χ3v) is 3.94. The summed E-state index contributed by atoms with van der Waals surface area (Å²) in [6.45, 7) is 2.61. The molecule has 5 N–H and O–H groups in total. The van der Waals surface area contributed by atoms with Crippen LogP contribution in [0, 0.1) is 0 Å². The van der Waals surface area contributed by atoms with Crippen molar-refractivity contribution in [2.45, 2.75) is 45.1 Å². The largest absolute Gasteiger partial charge is 0.464 e. The zero-order valence-corrected chi connectivity index (χ0v) is 14.0. The fourth-order valence-electron chi connectivity index (χ4n) is 2.56. The smallest absolute Gasteiger partial charge is 0.241 e. The van der Waals surface area contributed by atoms with Gasteiger partial charge in [-0.1, -0.05) is 19.8 Å². The van der Waals surface area contributed by atoms with Crippen molar-refractivity contribution in [1.29, 1.82) is 0 Å². The number of aryl methyl sites for hydroxylation is 1. The number of nitrogens with one attached hydrogen (secondary N) is 1. The van der Waals surface area contributed by atoms with Gasteiger partial charge in [-0.25, -0.2) is 0 Å². The number of hydrogen-bond acceptors (Lipinski definition) is 5. The summed E-state index contributed by atoms with van der Waals surface area (Å²) >= 11 is 0. The molecule has 0 aliphatic rings. The van der Waals surface area contributed by atoms with Gasteiger partial charge in [-0.15, -0.1) is 0 Å². The van der Waals surface area contributed by atoms with Crippen LogP contribution in [0.3, 0.4) is 0 Å². The van der Waals surface area contributed by atoms with E-state index >= 15 is 0 Å². The summed E-state index contributed by atoms with van der Waals surface area (Å²) < 4.78 is 5.54. The Bertz CT molecular complexity index is 755. The number of nitrogens with two attached hydrogens (primary N) is 2. The molecule has 0 spiro atoms. The first-order chi connectivity index (χ1) is 11.6. The highest BCUT2D eigenvalue weighted by atomic mass is 16.3. The van der Waals surface area contributed by atoms with Gasteiger partial charge in [0.25, 0.3) is 0 Å². The molecule has 0 aliphatic carbocycles. The fraction of sp³-hybridized carbons (Fsp3) is 0.444. The molecule has 24 heavy (non-hydrogen) atoms. The molecule has 0 radical (unpaired) electrons. The minimum Gasteiger partial charge on any atom is -0.464 e. The van der Waals surface area contributed by atoms with Crippen LogP contribution in [0.4, 0.5) is 5.69 Å². The van der Waals surface area contributed by atoms with Crippen LogP contribution in [-0.4, -0.2) is 18.5 Å². The van der Waals surface area contributed by atoms with Gasteiger partial charge in [0.1, 0.15) is 5.58 Å². The highest BCUT2D eigenvalue weighted by Crippen LogP contribution is 2.18. The maximum absolute atomic E-state index is 12.3. The van der Waals surface area contributed by atoms with Gasteiger partial charge in [-0.2, -0.15) is 0 Å². The van der Waals surface area contributed by atoms with Crippen LogP contribution in [0.25, 0.3) is 11.0 Å². The normalized spacial score (nSPS) is 12.3. The topological polar surface area (TPSA) is 111 Å². The molecule has 1 aromatic carbocycles. The summed E-state index contributed by atoms with van der Waals surface area (Å²) in [5.41, 5.74) is 13.0. The molecule has 2 aromatic rings. The van der Waals surface area contributed by atoms with Gasteiger partial charge in [0, 0.05) is 17.3 Å². The molecule has 1 amide bonds. The number of amides is 1. The summed E-state index contributed by atoms with van der Waals surface area (Å²) in [6.07, 6.45) is 5.32. The second kappa shape index (κ2) is 8.61. The molecule has 6 nitrogen and oxygen atoms in total. The Hall–Kier alpha value is -2.18. The van der Waals surface area contributed by atoms with Crippen molar-refractivity contribution in [2.24, 2.45) is 11.5 Å². The van der Waals surface area contributed by atoms with E-state index in [0.717, 1.165) is 19.3 Å². The van der Waals surface area contributed by atoms with Crippen molar-refractivity contribution in [3.8, 4) is 0 Å². The van der Waals surface area contributed by atoms with E-state index < -0.39 is 6.04 Å². The lowest BCUT2D eigenvalue weighted by atomic mass is 10.1. The number of rotatable bonds is 8. The number of hydrogen-bond donors (Lipinski definition) is 3. The Kier molecular flexibility index (Phi) is 6.52. The fourth-order valence-corrected chi connectivity index (χ4v) is 2.56. The van der Waals surface area contributed by atoms with Gasteiger partial charge < -0.3 is 21.2 Å². The molecule has 2 rings (SSSR count). The molecule has 1 aromatic heterocycles. The lowest BCUT2D eigenvalue weighted by molar-refractivity contribution is -0.117. The van der Waals surface area contributed by atoms with Crippen LogP contribution < -0.4 is 22.2 Å². The zero-order valence-electron chi connectivity index (χ0n) is 14.0. The molecule has 0 saturated heterocycles. The maximum Gasteiger partial charge on any atom is 0.241 e. The number of benzene rings is 1. The van der Waals surface area contributed by atoms with Gasteiger partial charge in [0.2, 0.25) is 5.91 Å². The first kappa shape index (κ1) is 18.2. The molecular formula is C18H25N3O3. The van der Waals surface area contributed by atoms with Crippen LogP contribution in [0.1, 0.15) is 38.2 Å². The Morgan fingerprint density at radius 1 is 1.33 bits per heavy atom. The van der Waals surface area contributed by atoms with Crippen LogP contribution in [0.15, 0.2) is 33.7 Å². The molecule has 0 aliphatic heterocycles. The summed E-state index contributed by atoms with van der Waals surface area (Å²) in [4.78, 5) is 24.4. The minimum absolute atomic E-state index is 0.0190. The quantitative estimate of drug-likeness (QED) is 0.642. The van der Waals surface area contributed by atoms with E-state index in [1.165, 1.54) is 6.26 Å². The minimum atomic E-state index is -0.578. The molecule has 0 saturated carbocycles. The number of unbranched alkanes of at least 4 members (excludes halogenated alkanes) is 1. The van der Waals surface area contributed by atoms with Gasteiger partial charge in [-0.3, -0.25) is 9.59 Å². The van der Waals surface area contributed by atoms with Crippen molar-refractivity contribution in [1.82, 2.24) is 0 Å². The lowest BCUT2D eigenvalue weighted by Crippen LogP contribution is -2.35. The first-order valence-corrected chi connectivity index (χ1v) is 8.37. The predicted octanol–water partition coefficient (Wildman–Crippen LogP) is 2.14. The average molecular weight is 331 g/mol. The number of carbonyl (C=O) groups is 1. The molecule has 1 heterocycles. The summed E-state index contributed by atoms with van der Waals surface area (Å²) in [5, 5.41) is 3.28. The number of fused-ring (bicyclic) bond motifs is 1. The van der Waals surface area contributed by atoms with Crippen LogP contribution >= 0.6 is 0 Å². The second-order valence-electron chi connectivity index (χ2n) is 5.93. The monoisotopic (exact) mass is 331 g/mol.